The smallest absolute Gasteiger partial charge is 0.140 e. The van der Waals surface area contributed by atoms with Crippen LogP contribution in [-0.4, -0.2) is 5.78 Å². The molecule has 1 atom stereocenters. The fraction of sp³-hybridized carbons (Fsp3) is 0.500. The minimum Gasteiger partial charge on any atom is -0.299 e. The molecule has 0 spiro atoms. The summed E-state index contributed by atoms with van der Waals surface area (Å²) in [6.45, 7) is 2.15. The lowest BCUT2D eigenvalue weighted by Crippen LogP contribution is -2.16. The topological polar surface area (TPSA) is 17.1 Å². The molecule has 1 fully saturated rings. The first-order valence-electron chi connectivity index (χ1n) is 5.93. The molecule has 0 amide bonds. The van der Waals surface area contributed by atoms with Crippen LogP contribution < -0.4 is 0 Å². The summed E-state index contributed by atoms with van der Waals surface area (Å²) in [6.07, 6.45) is 5.18. The van der Waals surface area contributed by atoms with E-state index in [0.29, 0.717) is 5.78 Å². The number of benzene rings is 1. The van der Waals surface area contributed by atoms with Gasteiger partial charge in [-0.2, -0.15) is 0 Å². The molecule has 0 bridgehead atoms. The number of Topliss-reactive ketones (excluding diaryl/α,β-unsaturated/α-hetero) is 1. The summed E-state index contributed by atoms with van der Waals surface area (Å²) in [5.41, 5.74) is 2.57. The van der Waals surface area contributed by atoms with Gasteiger partial charge in [0.25, 0.3) is 0 Å². The number of hydrogen-bond donors (Lipinski definition) is 0. The van der Waals surface area contributed by atoms with E-state index in [1.165, 1.54) is 17.5 Å². The van der Waals surface area contributed by atoms with Crippen LogP contribution in [-0.2, 0) is 11.2 Å². The van der Waals surface area contributed by atoms with E-state index in [1.807, 2.05) is 0 Å². The zero-order valence-corrected chi connectivity index (χ0v) is 9.33. The average molecular weight is 202 g/mol. The second-order valence-electron chi connectivity index (χ2n) is 4.36. The molecule has 0 aromatic heterocycles. The number of ketones is 1. The van der Waals surface area contributed by atoms with Crippen LogP contribution >= 0.6 is 0 Å². The third-order valence-electron chi connectivity index (χ3n) is 3.34. The van der Waals surface area contributed by atoms with Crippen molar-refractivity contribution in [1.82, 2.24) is 0 Å². The number of carbonyl (C=O) groups excluding carboxylic acids is 1. The van der Waals surface area contributed by atoms with Crippen LogP contribution in [0.15, 0.2) is 24.3 Å². The summed E-state index contributed by atoms with van der Waals surface area (Å²) in [7, 11) is 0. The average Bonchev–Trinajstić information content (AvgIpc) is 2.30. The van der Waals surface area contributed by atoms with Gasteiger partial charge >= 0.3 is 0 Å². The van der Waals surface area contributed by atoms with Gasteiger partial charge in [-0.25, -0.2) is 0 Å². The molecular weight excluding hydrogens is 184 g/mol. The molecule has 0 saturated heterocycles. The van der Waals surface area contributed by atoms with Crippen molar-refractivity contribution in [3.8, 4) is 0 Å². The highest BCUT2D eigenvalue weighted by molar-refractivity contribution is 5.86. The van der Waals surface area contributed by atoms with Crippen molar-refractivity contribution >= 4 is 5.78 Å². The highest BCUT2D eigenvalue weighted by Gasteiger charge is 2.23. The van der Waals surface area contributed by atoms with E-state index >= 15 is 0 Å². The molecule has 1 unspecified atom stereocenters. The molecule has 0 radical (unpaired) electrons. The first-order chi connectivity index (χ1) is 7.31. The Hall–Kier alpha value is -1.11. The third-order valence-corrected chi connectivity index (χ3v) is 3.34. The Bertz CT molecular complexity index is 337. The van der Waals surface area contributed by atoms with Gasteiger partial charge in [0.1, 0.15) is 5.78 Å². The Labute approximate surface area is 91.5 Å². The lowest BCUT2D eigenvalue weighted by molar-refractivity contribution is -0.121. The van der Waals surface area contributed by atoms with E-state index in [2.05, 4.69) is 31.2 Å². The molecule has 1 heteroatoms. The highest BCUT2D eigenvalue weighted by Crippen LogP contribution is 2.29. The molecule has 15 heavy (non-hydrogen) atoms. The van der Waals surface area contributed by atoms with Crippen molar-refractivity contribution < 1.29 is 4.79 Å². The summed E-state index contributed by atoms with van der Waals surface area (Å²) >= 11 is 0. The first kappa shape index (κ1) is 10.4. The molecule has 1 aromatic carbocycles. The number of hydrogen-bond acceptors (Lipinski definition) is 1. The van der Waals surface area contributed by atoms with Gasteiger partial charge in [0.2, 0.25) is 0 Å². The number of carbonyl (C=O) groups is 1. The van der Waals surface area contributed by atoms with Gasteiger partial charge in [0.15, 0.2) is 0 Å². The Balaban J connectivity index is 2.17. The van der Waals surface area contributed by atoms with Crippen LogP contribution in [0.5, 0.6) is 0 Å². The Morgan fingerprint density at radius 1 is 1.20 bits per heavy atom. The van der Waals surface area contributed by atoms with Gasteiger partial charge in [0, 0.05) is 12.3 Å². The van der Waals surface area contributed by atoms with Crippen molar-refractivity contribution in [2.45, 2.75) is 44.9 Å². The second kappa shape index (κ2) is 4.61. The maximum atomic E-state index is 11.7. The lowest BCUT2D eigenvalue weighted by Gasteiger charge is -2.20. The van der Waals surface area contributed by atoms with E-state index in [9.17, 15) is 4.79 Å². The van der Waals surface area contributed by atoms with Crippen molar-refractivity contribution in [3.05, 3.63) is 35.4 Å². The van der Waals surface area contributed by atoms with E-state index in [0.717, 1.165) is 25.7 Å². The van der Waals surface area contributed by atoms with Crippen LogP contribution in [0.3, 0.4) is 0 Å². The molecule has 0 aliphatic heterocycles. The molecule has 0 heterocycles. The minimum atomic E-state index is 0.185. The van der Waals surface area contributed by atoms with Crippen LogP contribution in [0.1, 0.15) is 49.7 Å². The Kier molecular flexibility index (Phi) is 3.20. The van der Waals surface area contributed by atoms with Crippen molar-refractivity contribution in [2.75, 3.05) is 0 Å². The maximum absolute atomic E-state index is 11.7. The molecular formula is C14H18O. The first-order valence-corrected chi connectivity index (χ1v) is 5.93. The Morgan fingerprint density at radius 3 is 2.53 bits per heavy atom. The van der Waals surface area contributed by atoms with Gasteiger partial charge in [-0.05, 0) is 30.4 Å². The van der Waals surface area contributed by atoms with Gasteiger partial charge in [-0.3, -0.25) is 4.79 Å². The quantitative estimate of drug-likeness (QED) is 0.717. The van der Waals surface area contributed by atoms with Crippen molar-refractivity contribution in [3.63, 3.8) is 0 Å². The second-order valence-corrected chi connectivity index (χ2v) is 4.36. The minimum absolute atomic E-state index is 0.185. The standard InChI is InChI=1S/C14H18O/c1-2-11-7-9-12(10-8-11)13-5-3-4-6-14(13)15/h7-10,13H,2-6H2,1H3. The molecule has 80 valence electrons. The summed E-state index contributed by atoms with van der Waals surface area (Å²) in [5.74, 6) is 0.621. The largest absolute Gasteiger partial charge is 0.299 e. The van der Waals surface area contributed by atoms with Gasteiger partial charge in [-0.1, -0.05) is 37.6 Å². The predicted octanol–water partition coefficient (Wildman–Crippen LogP) is 3.48. The maximum Gasteiger partial charge on any atom is 0.140 e. The molecule has 1 aliphatic rings. The SMILES string of the molecule is CCc1ccc(C2CCCCC2=O)cc1. The summed E-state index contributed by atoms with van der Waals surface area (Å²) in [6, 6.07) is 8.56. The lowest BCUT2D eigenvalue weighted by atomic mass is 9.83. The molecule has 1 aromatic rings. The van der Waals surface area contributed by atoms with Gasteiger partial charge < -0.3 is 0 Å². The highest BCUT2D eigenvalue weighted by atomic mass is 16.1. The van der Waals surface area contributed by atoms with Gasteiger partial charge in [0.05, 0.1) is 0 Å². The van der Waals surface area contributed by atoms with Crippen LogP contribution in [0.2, 0.25) is 0 Å². The number of aryl methyl sites for hydroxylation is 1. The zero-order chi connectivity index (χ0) is 10.7. The van der Waals surface area contributed by atoms with E-state index in [-0.39, 0.29) is 5.92 Å². The molecule has 1 nitrogen and oxygen atoms in total. The van der Waals surface area contributed by atoms with E-state index in [1.54, 1.807) is 0 Å². The van der Waals surface area contributed by atoms with E-state index < -0.39 is 0 Å². The van der Waals surface area contributed by atoms with Crippen molar-refractivity contribution in [2.24, 2.45) is 0 Å². The fourth-order valence-corrected chi connectivity index (χ4v) is 2.32. The summed E-state index contributed by atoms with van der Waals surface area (Å²) in [4.78, 5) is 11.7. The fourth-order valence-electron chi connectivity index (χ4n) is 2.32. The zero-order valence-electron chi connectivity index (χ0n) is 9.33. The number of rotatable bonds is 2. The van der Waals surface area contributed by atoms with E-state index in [4.69, 9.17) is 0 Å². The predicted molar refractivity (Wildman–Crippen MR) is 62.0 cm³/mol. The summed E-state index contributed by atoms with van der Waals surface area (Å²) < 4.78 is 0. The van der Waals surface area contributed by atoms with Crippen LogP contribution in [0.4, 0.5) is 0 Å². The van der Waals surface area contributed by atoms with Crippen LogP contribution in [0, 0.1) is 0 Å². The molecule has 0 N–H and O–H groups in total. The molecule has 1 saturated carbocycles. The van der Waals surface area contributed by atoms with Crippen molar-refractivity contribution in [1.29, 1.82) is 0 Å². The summed E-state index contributed by atoms with van der Waals surface area (Å²) in [5, 5.41) is 0. The molecule has 1 aliphatic carbocycles. The molecule has 2 rings (SSSR count). The monoisotopic (exact) mass is 202 g/mol. The third kappa shape index (κ3) is 2.28. The normalized spacial score (nSPS) is 21.7. The Morgan fingerprint density at radius 2 is 1.93 bits per heavy atom. The van der Waals surface area contributed by atoms with Gasteiger partial charge in [-0.15, -0.1) is 0 Å². The van der Waals surface area contributed by atoms with Crippen LogP contribution in [0.25, 0.3) is 0 Å².